The maximum Gasteiger partial charge on any atom is 0.489 e. The monoisotopic (exact) mass is 275 g/mol. The van der Waals surface area contributed by atoms with Crippen molar-refractivity contribution in [3.63, 3.8) is 0 Å². The van der Waals surface area contributed by atoms with Gasteiger partial charge in [0.15, 0.2) is 0 Å². The fourth-order valence-corrected chi connectivity index (χ4v) is 2.53. The smallest absolute Gasteiger partial charge is 0.423 e. The molecule has 0 spiro atoms. The zero-order chi connectivity index (χ0) is 13.8. The van der Waals surface area contributed by atoms with Crippen LogP contribution in [0.25, 0.3) is 0 Å². The largest absolute Gasteiger partial charge is 0.489 e. The first-order chi connectivity index (χ1) is 9.08. The van der Waals surface area contributed by atoms with Crippen molar-refractivity contribution in [1.29, 1.82) is 0 Å². The van der Waals surface area contributed by atoms with Gasteiger partial charge in [0.2, 0.25) is 0 Å². The van der Waals surface area contributed by atoms with E-state index in [4.69, 9.17) is 0 Å². The van der Waals surface area contributed by atoms with E-state index in [0.717, 1.165) is 4.90 Å². The van der Waals surface area contributed by atoms with E-state index in [2.05, 4.69) is 0 Å². The fraction of sp³-hybridized carbons (Fsp3) is 0. The van der Waals surface area contributed by atoms with Crippen LogP contribution in [0, 0.1) is 10.1 Å². The van der Waals surface area contributed by atoms with Crippen LogP contribution in [-0.4, -0.2) is 22.1 Å². The molecule has 5 nitrogen and oxygen atoms in total. The van der Waals surface area contributed by atoms with Gasteiger partial charge in [0.05, 0.1) is 4.92 Å². The number of hydrogen-bond donors (Lipinski definition) is 2. The SMILES string of the molecule is O=[N+]([O-])c1ccc(Sc2ccccc2)c(B(O)O)c1. The van der Waals surface area contributed by atoms with Crippen molar-refractivity contribution in [3.05, 3.63) is 58.6 Å². The summed E-state index contributed by atoms with van der Waals surface area (Å²) in [5.41, 5.74) is -0.0384. The lowest BCUT2D eigenvalue weighted by Gasteiger charge is -2.08. The second-order valence-electron chi connectivity index (χ2n) is 3.77. The highest BCUT2D eigenvalue weighted by Crippen LogP contribution is 2.27. The summed E-state index contributed by atoms with van der Waals surface area (Å²) in [6.45, 7) is 0. The van der Waals surface area contributed by atoms with Crippen molar-refractivity contribution in [1.82, 2.24) is 0 Å². The number of nitro benzene ring substituents is 1. The van der Waals surface area contributed by atoms with E-state index in [-0.39, 0.29) is 11.2 Å². The minimum Gasteiger partial charge on any atom is -0.423 e. The van der Waals surface area contributed by atoms with Gasteiger partial charge in [0, 0.05) is 27.4 Å². The van der Waals surface area contributed by atoms with Crippen LogP contribution < -0.4 is 5.46 Å². The molecular weight excluding hydrogens is 265 g/mol. The molecule has 0 saturated carbocycles. The van der Waals surface area contributed by atoms with E-state index in [1.165, 1.54) is 30.0 Å². The average molecular weight is 275 g/mol. The normalized spacial score (nSPS) is 10.2. The lowest BCUT2D eigenvalue weighted by molar-refractivity contribution is -0.384. The summed E-state index contributed by atoms with van der Waals surface area (Å²) in [4.78, 5) is 11.6. The summed E-state index contributed by atoms with van der Waals surface area (Å²) in [5.74, 6) is 0. The maximum absolute atomic E-state index is 10.7. The van der Waals surface area contributed by atoms with Gasteiger partial charge in [0.1, 0.15) is 0 Å². The average Bonchev–Trinajstić information content (AvgIpc) is 2.39. The molecule has 0 atom stereocenters. The molecule has 2 aromatic rings. The van der Waals surface area contributed by atoms with Gasteiger partial charge in [-0.3, -0.25) is 10.1 Å². The molecule has 2 aromatic carbocycles. The molecule has 0 aliphatic rings. The molecule has 0 heterocycles. The van der Waals surface area contributed by atoms with Gasteiger partial charge in [-0.2, -0.15) is 0 Å². The van der Waals surface area contributed by atoms with E-state index < -0.39 is 12.0 Å². The Bertz CT molecular complexity index is 592. The number of nitro groups is 1. The Hall–Kier alpha value is -1.83. The highest BCUT2D eigenvalue weighted by molar-refractivity contribution is 7.99. The molecular formula is C12H10BNO4S. The van der Waals surface area contributed by atoms with E-state index in [1.54, 1.807) is 0 Å². The van der Waals surface area contributed by atoms with Crippen LogP contribution >= 0.6 is 11.8 Å². The van der Waals surface area contributed by atoms with E-state index >= 15 is 0 Å². The molecule has 0 radical (unpaired) electrons. The van der Waals surface area contributed by atoms with Gasteiger partial charge in [-0.15, -0.1) is 0 Å². The first-order valence-corrected chi connectivity index (χ1v) is 6.27. The van der Waals surface area contributed by atoms with Crippen molar-refractivity contribution in [2.24, 2.45) is 0 Å². The van der Waals surface area contributed by atoms with Crippen LogP contribution in [0.15, 0.2) is 58.3 Å². The Kier molecular flexibility index (Phi) is 4.21. The third-order valence-corrected chi connectivity index (χ3v) is 3.55. The van der Waals surface area contributed by atoms with E-state index in [1.807, 2.05) is 30.3 Å². The molecule has 0 bridgehead atoms. The van der Waals surface area contributed by atoms with Crippen molar-refractivity contribution in [3.8, 4) is 0 Å². The Morgan fingerprint density at radius 2 is 1.79 bits per heavy atom. The van der Waals surface area contributed by atoms with Gasteiger partial charge in [0.25, 0.3) is 5.69 Å². The number of rotatable bonds is 4. The van der Waals surface area contributed by atoms with Crippen molar-refractivity contribution < 1.29 is 15.0 Å². The minimum absolute atomic E-state index is 0.128. The summed E-state index contributed by atoms with van der Waals surface area (Å²) in [5, 5.41) is 29.3. The first-order valence-electron chi connectivity index (χ1n) is 5.45. The third-order valence-electron chi connectivity index (χ3n) is 2.45. The predicted octanol–water partition coefficient (Wildman–Crippen LogP) is 1.43. The summed E-state index contributed by atoms with van der Waals surface area (Å²) in [6, 6.07) is 13.4. The zero-order valence-corrected chi connectivity index (χ0v) is 10.6. The van der Waals surface area contributed by atoms with Crippen LogP contribution in [0.4, 0.5) is 5.69 Å². The summed E-state index contributed by atoms with van der Waals surface area (Å²) < 4.78 is 0. The first kappa shape index (κ1) is 13.6. The maximum atomic E-state index is 10.7. The lowest BCUT2D eigenvalue weighted by atomic mass is 9.80. The Balaban J connectivity index is 2.37. The number of non-ortho nitro benzene ring substituents is 1. The molecule has 96 valence electrons. The molecule has 0 fully saturated rings. The second-order valence-corrected chi connectivity index (χ2v) is 4.88. The Morgan fingerprint density at radius 1 is 1.11 bits per heavy atom. The number of benzene rings is 2. The Labute approximate surface area is 114 Å². The van der Waals surface area contributed by atoms with Crippen LogP contribution in [0.5, 0.6) is 0 Å². The van der Waals surface area contributed by atoms with Gasteiger partial charge in [-0.05, 0) is 18.2 Å². The van der Waals surface area contributed by atoms with Gasteiger partial charge in [-0.1, -0.05) is 30.0 Å². The molecule has 2 N–H and O–H groups in total. The third kappa shape index (κ3) is 3.34. The van der Waals surface area contributed by atoms with Crippen molar-refractivity contribution in [2.75, 3.05) is 0 Å². The highest BCUT2D eigenvalue weighted by Gasteiger charge is 2.20. The van der Waals surface area contributed by atoms with Crippen LogP contribution in [-0.2, 0) is 0 Å². The molecule has 2 rings (SSSR count). The molecule has 0 saturated heterocycles. The molecule has 0 amide bonds. The van der Waals surface area contributed by atoms with Crippen LogP contribution in [0.1, 0.15) is 0 Å². The molecule has 0 aliphatic carbocycles. The van der Waals surface area contributed by atoms with Crippen molar-refractivity contribution in [2.45, 2.75) is 9.79 Å². The standard InChI is InChI=1S/C12H10BNO4S/c15-13(16)11-8-9(14(17)18)6-7-12(11)19-10-4-2-1-3-5-10/h1-8,15-16H. The number of hydrogen-bond acceptors (Lipinski definition) is 5. The molecule has 0 aliphatic heterocycles. The molecule has 0 aromatic heterocycles. The highest BCUT2D eigenvalue weighted by atomic mass is 32.2. The summed E-state index contributed by atoms with van der Waals surface area (Å²) in [6.07, 6.45) is 0. The molecule has 19 heavy (non-hydrogen) atoms. The van der Waals surface area contributed by atoms with Gasteiger partial charge in [-0.25, -0.2) is 0 Å². The van der Waals surface area contributed by atoms with E-state index in [0.29, 0.717) is 4.90 Å². The summed E-state index contributed by atoms with van der Waals surface area (Å²) in [7, 11) is -1.74. The quantitative estimate of drug-likeness (QED) is 0.501. The van der Waals surface area contributed by atoms with Crippen LogP contribution in [0.2, 0.25) is 0 Å². The molecule has 0 unspecified atom stereocenters. The number of nitrogens with zero attached hydrogens (tertiary/aromatic N) is 1. The second kappa shape index (κ2) is 5.88. The predicted molar refractivity (Wildman–Crippen MR) is 73.5 cm³/mol. The van der Waals surface area contributed by atoms with Gasteiger partial charge < -0.3 is 10.0 Å². The lowest BCUT2D eigenvalue weighted by Crippen LogP contribution is -2.31. The fourth-order valence-electron chi connectivity index (χ4n) is 1.56. The topological polar surface area (TPSA) is 83.6 Å². The summed E-state index contributed by atoms with van der Waals surface area (Å²) >= 11 is 1.32. The van der Waals surface area contributed by atoms with Gasteiger partial charge >= 0.3 is 7.12 Å². The van der Waals surface area contributed by atoms with E-state index in [9.17, 15) is 20.2 Å². The molecule has 7 heteroatoms. The Morgan fingerprint density at radius 3 is 2.37 bits per heavy atom. The zero-order valence-electron chi connectivity index (χ0n) is 9.76. The van der Waals surface area contributed by atoms with Crippen molar-refractivity contribution >= 4 is 30.0 Å². The minimum atomic E-state index is -1.74. The van der Waals surface area contributed by atoms with Crippen LogP contribution in [0.3, 0.4) is 0 Å².